The molecule has 0 saturated carbocycles. The summed E-state index contributed by atoms with van der Waals surface area (Å²) in [6.07, 6.45) is 5.02. The van der Waals surface area contributed by atoms with Gasteiger partial charge in [0.2, 0.25) is 0 Å². The molecule has 0 aromatic heterocycles. The Morgan fingerprint density at radius 3 is 0.767 bits per heavy atom. The highest BCUT2D eigenvalue weighted by Crippen LogP contribution is 2.45. The van der Waals surface area contributed by atoms with Crippen molar-refractivity contribution in [3.8, 4) is 0 Å². The van der Waals surface area contributed by atoms with Gasteiger partial charge in [0.05, 0.1) is 0 Å². The second kappa shape index (κ2) is 21.8. The first kappa shape index (κ1) is 49.3. The van der Waals surface area contributed by atoms with E-state index in [2.05, 4.69) is 267 Å². The van der Waals surface area contributed by atoms with Crippen LogP contribution < -0.4 is 15.6 Å². The molecule has 0 N–H and O–H groups in total. The number of benzene rings is 9. The molecular formula is C72H70Si. The van der Waals surface area contributed by atoms with Crippen LogP contribution in [0.25, 0.3) is 0 Å². The molecule has 0 aliphatic heterocycles. The molecule has 0 nitrogen and oxygen atoms in total. The van der Waals surface area contributed by atoms with Gasteiger partial charge in [-0.25, -0.2) is 0 Å². The van der Waals surface area contributed by atoms with Crippen molar-refractivity contribution in [2.75, 3.05) is 0 Å². The highest BCUT2D eigenvalue weighted by atomic mass is 28.3. The van der Waals surface area contributed by atoms with Crippen LogP contribution in [0.2, 0.25) is 0 Å². The summed E-state index contributed by atoms with van der Waals surface area (Å²) in [4.78, 5) is 0. The summed E-state index contributed by atoms with van der Waals surface area (Å²) in [7, 11) is -3.65. The Labute approximate surface area is 437 Å². The third-order valence-corrected chi connectivity index (χ3v) is 22.2. The van der Waals surface area contributed by atoms with E-state index in [1.54, 1.807) is 20.8 Å². The Morgan fingerprint density at radius 1 is 0.288 bits per heavy atom. The molecule has 1 unspecified atom stereocenters. The molecule has 1 atom stereocenters. The summed E-state index contributed by atoms with van der Waals surface area (Å²) in [5.74, 6) is 0.200. The van der Waals surface area contributed by atoms with Crippen LogP contribution in [0.3, 0.4) is 0 Å². The number of allylic oxidation sites excluding steroid dienone is 4. The lowest BCUT2D eigenvalue weighted by molar-refractivity contribution is 0.850. The van der Waals surface area contributed by atoms with Crippen molar-refractivity contribution in [3.63, 3.8) is 0 Å². The summed E-state index contributed by atoms with van der Waals surface area (Å²) in [5.41, 5.74) is 25.4. The van der Waals surface area contributed by atoms with Crippen LogP contribution in [-0.4, -0.2) is 8.07 Å². The first-order valence-electron chi connectivity index (χ1n) is 26.6. The zero-order valence-corrected chi connectivity index (χ0v) is 45.1. The summed E-state index contributed by atoms with van der Waals surface area (Å²) >= 11 is 0. The van der Waals surface area contributed by atoms with Gasteiger partial charge in [0.25, 0.3) is 0 Å². The summed E-state index contributed by atoms with van der Waals surface area (Å²) < 4.78 is 0. The predicted octanol–water partition coefficient (Wildman–Crippen LogP) is 15.5. The van der Waals surface area contributed by atoms with Crippen molar-refractivity contribution in [2.45, 2.75) is 87.0 Å². The minimum Gasteiger partial charge on any atom is -0.0636 e. The van der Waals surface area contributed by atoms with Gasteiger partial charge in [-0.05, 0) is 191 Å². The molecule has 0 bridgehead atoms. The lowest BCUT2D eigenvalue weighted by Crippen LogP contribution is -2.74. The fourth-order valence-electron chi connectivity index (χ4n) is 12.5. The monoisotopic (exact) mass is 963 g/mol. The van der Waals surface area contributed by atoms with Crippen LogP contribution in [0, 0.1) is 26.7 Å². The molecule has 10 rings (SSSR count). The lowest BCUT2D eigenvalue weighted by Gasteiger charge is -2.46. The Kier molecular flexibility index (Phi) is 14.7. The third-order valence-electron chi connectivity index (χ3n) is 16.5. The summed E-state index contributed by atoms with van der Waals surface area (Å²) in [6.45, 7) is 17.2. The van der Waals surface area contributed by atoms with Gasteiger partial charge < -0.3 is 0 Å². The Balaban J connectivity index is 1.51. The average Bonchev–Trinajstić information content (AvgIpc) is 3.62. The van der Waals surface area contributed by atoms with Crippen LogP contribution in [0.15, 0.2) is 240 Å². The molecule has 1 aliphatic rings. The van der Waals surface area contributed by atoms with Crippen LogP contribution in [0.4, 0.5) is 0 Å². The molecule has 1 aliphatic carbocycles. The third kappa shape index (κ3) is 9.97. The van der Waals surface area contributed by atoms with Crippen LogP contribution in [0.5, 0.6) is 0 Å². The first-order chi connectivity index (χ1) is 35.6. The van der Waals surface area contributed by atoms with Crippen LogP contribution in [-0.2, 0) is 38.5 Å². The van der Waals surface area contributed by atoms with Gasteiger partial charge >= 0.3 is 0 Å². The van der Waals surface area contributed by atoms with Gasteiger partial charge in [0, 0.05) is 0 Å². The van der Waals surface area contributed by atoms with Crippen LogP contribution in [0.1, 0.15) is 111 Å². The predicted molar refractivity (Wildman–Crippen MR) is 314 cm³/mol. The average molecular weight is 963 g/mol. The maximum absolute atomic E-state index is 3.65. The molecule has 9 aromatic carbocycles. The molecule has 0 spiro atoms. The van der Waals surface area contributed by atoms with E-state index in [-0.39, 0.29) is 5.92 Å². The van der Waals surface area contributed by atoms with E-state index in [1.165, 1.54) is 100 Å². The fourth-order valence-corrected chi connectivity index (χ4v) is 19.9. The highest BCUT2D eigenvalue weighted by molar-refractivity contribution is 7.17. The minimum absolute atomic E-state index is 0.200. The quantitative estimate of drug-likeness (QED) is 0.0669. The topological polar surface area (TPSA) is 0 Å². The number of hydrogen-bond donors (Lipinski definition) is 0. The van der Waals surface area contributed by atoms with Crippen LogP contribution >= 0.6 is 0 Å². The summed E-state index contributed by atoms with van der Waals surface area (Å²) in [5, 5.41) is 6.42. The zero-order valence-electron chi connectivity index (χ0n) is 44.1. The van der Waals surface area contributed by atoms with E-state index in [9.17, 15) is 0 Å². The van der Waals surface area contributed by atoms with Gasteiger partial charge in [-0.3, -0.25) is 0 Å². The van der Waals surface area contributed by atoms with Crippen molar-refractivity contribution in [1.29, 1.82) is 0 Å². The second-order valence-corrected chi connectivity index (χ2v) is 24.5. The Bertz CT molecular complexity index is 3090. The second-order valence-electron chi connectivity index (χ2n) is 21.0. The Morgan fingerprint density at radius 2 is 0.534 bits per heavy atom. The zero-order chi connectivity index (χ0) is 50.5. The molecule has 73 heavy (non-hydrogen) atoms. The summed E-state index contributed by atoms with van der Waals surface area (Å²) in [6, 6.07) is 83.1. The molecule has 362 valence electrons. The molecule has 0 saturated heterocycles. The molecule has 0 radical (unpaired) electrons. The van der Waals surface area contributed by atoms with Gasteiger partial charge in [-0.15, -0.1) is 0 Å². The van der Waals surface area contributed by atoms with Gasteiger partial charge in [-0.1, -0.05) is 242 Å². The molecule has 1 heteroatoms. The molecule has 0 fully saturated rings. The lowest BCUT2D eigenvalue weighted by atomic mass is 9.94. The van der Waals surface area contributed by atoms with E-state index in [0.717, 1.165) is 38.5 Å². The SMILES string of the molecule is CC1=C(C)C(C)C([Si](c2c(Cc3ccccc3)ccc(C)c2Cc2ccccc2)(c2c(Cc3ccccc3)ccc(C)c2Cc2ccccc2)c2c(Cc3ccccc3)ccc(C)c2Cc2ccccc2)=C1C. The van der Waals surface area contributed by atoms with E-state index in [4.69, 9.17) is 0 Å². The number of rotatable bonds is 16. The van der Waals surface area contributed by atoms with Gasteiger partial charge in [0.15, 0.2) is 8.07 Å². The van der Waals surface area contributed by atoms with E-state index in [1.807, 2.05) is 0 Å². The van der Waals surface area contributed by atoms with Crippen molar-refractivity contribution in [1.82, 2.24) is 0 Å². The number of aryl methyl sites for hydroxylation is 3. The standard InChI is InChI=1S/C72H70Si/c1-50-38-41-63(44-57-26-14-8-15-27-57)70(66(50)47-60-32-20-11-21-33-60)73(69-55(6)53(4)54(5)56(69)7,71-64(45-58-28-16-9-17-29-58)42-39-51(2)67(71)48-61-34-22-12-23-35-61)72-65(46-59-30-18-10-19-31-59)43-40-52(3)68(72)49-62-36-24-13-25-37-62/h8-43,55H,44-49H2,1-7H3. The van der Waals surface area contributed by atoms with Crippen molar-refractivity contribution in [3.05, 3.63) is 324 Å². The highest BCUT2D eigenvalue weighted by Gasteiger charge is 2.54. The van der Waals surface area contributed by atoms with Crippen molar-refractivity contribution >= 4 is 23.6 Å². The molecule has 9 aromatic rings. The number of hydrogen-bond acceptors (Lipinski definition) is 0. The van der Waals surface area contributed by atoms with E-state index < -0.39 is 8.07 Å². The van der Waals surface area contributed by atoms with Crippen molar-refractivity contribution < 1.29 is 0 Å². The maximum Gasteiger partial charge on any atom is 0.178 e. The van der Waals surface area contributed by atoms with Gasteiger partial charge in [0.1, 0.15) is 0 Å². The largest absolute Gasteiger partial charge is 0.178 e. The molecular weight excluding hydrogens is 893 g/mol. The Hall–Kier alpha value is -7.32. The van der Waals surface area contributed by atoms with E-state index in [0.29, 0.717) is 0 Å². The normalized spacial score (nSPS) is 13.8. The fraction of sp³-hybridized carbons (Fsp3) is 0.194. The minimum atomic E-state index is -3.65. The molecule has 0 heterocycles. The molecule has 0 amide bonds. The maximum atomic E-state index is 2.57. The van der Waals surface area contributed by atoms with E-state index >= 15 is 0 Å². The van der Waals surface area contributed by atoms with Crippen molar-refractivity contribution in [2.24, 2.45) is 5.92 Å². The van der Waals surface area contributed by atoms with Gasteiger partial charge in [-0.2, -0.15) is 0 Å². The first-order valence-corrected chi connectivity index (χ1v) is 28.6. The smallest absolute Gasteiger partial charge is 0.0636 e.